The molecule has 0 aromatic heterocycles. The number of carboxylic acids is 1. The van der Waals surface area contributed by atoms with Gasteiger partial charge in [-0.25, -0.2) is 4.39 Å². The molecule has 1 aromatic carbocycles. The first-order chi connectivity index (χ1) is 9.78. The van der Waals surface area contributed by atoms with Crippen molar-refractivity contribution < 1.29 is 14.3 Å². The van der Waals surface area contributed by atoms with E-state index in [0.717, 1.165) is 4.47 Å². The van der Waals surface area contributed by atoms with E-state index in [9.17, 15) is 14.3 Å². The fourth-order valence-corrected chi connectivity index (χ4v) is 3.50. The zero-order chi connectivity index (χ0) is 15.8. The third-order valence-corrected chi connectivity index (χ3v) is 5.31. The normalized spacial score (nSPS) is 24.5. The van der Waals surface area contributed by atoms with Gasteiger partial charge in [0, 0.05) is 22.6 Å². The summed E-state index contributed by atoms with van der Waals surface area (Å²) in [5.74, 6) is -0.940. The summed E-state index contributed by atoms with van der Waals surface area (Å²) in [6.07, 6.45) is 0.611. The van der Waals surface area contributed by atoms with Crippen molar-refractivity contribution in [2.24, 2.45) is 11.3 Å². The molecule has 1 aliphatic rings. The van der Waals surface area contributed by atoms with Crippen LogP contribution in [0.4, 0.5) is 4.39 Å². The van der Waals surface area contributed by atoms with Crippen molar-refractivity contribution in [3.63, 3.8) is 0 Å². The van der Waals surface area contributed by atoms with Crippen molar-refractivity contribution in [1.29, 1.82) is 0 Å². The van der Waals surface area contributed by atoms with Gasteiger partial charge in [-0.05, 0) is 44.0 Å². The van der Waals surface area contributed by atoms with Crippen molar-refractivity contribution in [2.75, 3.05) is 13.1 Å². The average molecular weight is 358 g/mol. The summed E-state index contributed by atoms with van der Waals surface area (Å²) in [6, 6.07) is 4.75. The maximum Gasteiger partial charge on any atom is 0.311 e. The van der Waals surface area contributed by atoms with Gasteiger partial charge in [0.1, 0.15) is 5.82 Å². The summed E-state index contributed by atoms with van der Waals surface area (Å²) in [4.78, 5) is 13.8. The molecule has 0 radical (unpaired) electrons. The summed E-state index contributed by atoms with van der Waals surface area (Å²) in [5, 5.41) is 9.59. The van der Waals surface area contributed by atoms with Gasteiger partial charge in [-0.15, -0.1) is 0 Å². The first-order valence-corrected chi connectivity index (χ1v) is 7.99. The fourth-order valence-electron chi connectivity index (χ4n) is 3.12. The van der Waals surface area contributed by atoms with Crippen molar-refractivity contribution in [2.45, 2.75) is 33.2 Å². The van der Waals surface area contributed by atoms with Crippen molar-refractivity contribution in [3.8, 4) is 0 Å². The fraction of sp³-hybridized carbons (Fsp3) is 0.562. The van der Waals surface area contributed by atoms with E-state index >= 15 is 0 Å². The van der Waals surface area contributed by atoms with Crippen molar-refractivity contribution in [1.82, 2.24) is 4.90 Å². The number of carbonyl (C=O) groups is 1. The maximum absolute atomic E-state index is 14.0. The molecular formula is C16H21BrFNO2. The van der Waals surface area contributed by atoms with Gasteiger partial charge in [-0.2, -0.15) is 0 Å². The number of halogens is 2. The highest BCUT2D eigenvalue weighted by molar-refractivity contribution is 9.10. The lowest BCUT2D eigenvalue weighted by molar-refractivity contribution is -0.151. The lowest BCUT2D eigenvalue weighted by atomic mass is 9.76. The Kier molecular flexibility index (Phi) is 4.73. The minimum Gasteiger partial charge on any atom is -0.481 e. The van der Waals surface area contributed by atoms with Crippen molar-refractivity contribution >= 4 is 21.9 Å². The predicted molar refractivity (Wildman–Crippen MR) is 83.6 cm³/mol. The SMILES string of the molecule is CC(c1cc(Br)ccc1F)N1CCC(C(=O)O)(C(C)C)C1. The molecule has 1 N–H and O–H groups in total. The highest BCUT2D eigenvalue weighted by atomic mass is 79.9. The second-order valence-corrected chi connectivity index (χ2v) is 7.09. The Balaban J connectivity index is 2.24. The molecule has 3 nitrogen and oxygen atoms in total. The lowest BCUT2D eigenvalue weighted by Gasteiger charge is -2.31. The molecular weight excluding hydrogens is 337 g/mol. The number of benzene rings is 1. The average Bonchev–Trinajstić information content (AvgIpc) is 2.87. The standard InChI is InChI=1S/C16H21BrFNO2/c1-10(2)16(15(20)21)6-7-19(9-16)11(3)13-8-12(17)4-5-14(13)18/h4-5,8,10-11H,6-7,9H2,1-3H3,(H,20,21). The molecule has 0 aliphatic carbocycles. The van der Waals surface area contributed by atoms with Gasteiger partial charge in [0.05, 0.1) is 5.41 Å². The molecule has 1 saturated heterocycles. The molecule has 5 heteroatoms. The molecule has 2 rings (SSSR count). The van der Waals surface area contributed by atoms with E-state index in [1.807, 2.05) is 20.8 Å². The molecule has 0 amide bonds. The molecule has 116 valence electrons. The second kappa shape index (κ2) is 6.05. The number of hydrogen-bond acceptors (Lipinski definition) is 2. The number of nitrogens with zero attached hydrogens (tertiary/aromatic N) is 1. The molecule has 1 aliphatic heterocycles. The van der Waals surface area contributed by atoms with E-state index in [-0.39, 0.29) is 17.8 Å². The number of rotatable bonds is 4. The Morgan fingerprint density at radius 3 is 2.62 bits per heavy atom. The summed E-state index contributed by atoms with van der Waals surface area (Å²) < 4.78 is 14.9. The van der Waals surface area contributed by atoms with Gasteiger partial charge in [0.2, 0.25) is 0 Å². The molecule has 1 aromatic rings. The van der Waals surface area contributed by atoms with E-state index in [4.69, 9.17) is 0 Å². The molecule has 0 spiro atoms. The van der Waals surface area contributed by atoms with Crippen LogP contribution in [0.15, 0.2) is 22.7 Å². The van der Waals surface area contributed by atoms with E-state index in [0.29, 0.717) is 25.1 Å². The van der Waals surface area contributed by atoms with Crippen LogP contribution in [0, 0.1) is 17.2 Å². The Morgan fingerprint density at radius 1 is 1.43 bits per heavy atom. The zero-order valence-electron chi connectivity index (χ0n) is 12.6. The van der Waals surface area contributed by atoms with Crippen LogP contribution in [-0.2, 0) is 4.79 Å². The minimum absolute atomic E-state index is 0.0551. The lowest BCUT2D eigenvalue weighted by Crippen LogP contribution is -2.39. The predicted octanol–water partition coefficient (Wildman–Crippen LogP) is 4.08. The van der Waals surface area contributed by atoms with Crippen LogP contribution < -0.4 is 0 Å². The largest absolute Gasteiger partial charge is 0.481 e. The third kappa shape index (κ3) is 2.99. The van der Waals surface area contributed by atoms with Crippen LogP contribution in [0.5, 0.6) is 0 Å². The highest BCUT2D eigenvalue weighted by Gasteiger charge is 2.48. The highest BCUT2D eigenvalue weighted by Crippen LogP contribution is 2.41. The van der Waals surface area contributed by atoms with Gasteiger partial charge in [-0.3, -0.25) is 9.69 Å². The van der Waals surface area contributed by atoms with Crippen LogP contribution in [-0.4, -0.2) is 29.1 Å². The van der Waals surface area contributed by atoms with Crippen LogP contribution in [0.2, 0.25) is 0 Å². The molecule has 1 fully saturated rings. The Morgan fingerprint density at radius 2 is 2.10 bits per heavy atom. The van der Waals surface area contributed by atoms with Crippen LogP contribution in [0.25, 0.3) is 0 Å². The molecule has 1 heterocycles. The zero-order valence-corrected chi connectivity index (χ0v) is 14.2. The van der Waals surface area contributed by atoms with E-state index in [2.05, 4.69) is 20.8 Å². The van der Waals surface area contributed by atoms with Gasteiger partial charge in [0.25, 0.3) is 0 Å². The number of aliphatic carboxylic acids is 1. The molecule has 0 saturated carbocycles. The van der Waals surface area contributed by atoms with Gasteiger partial charge in [0.15, 0.2) is 0 Å². The second-order valence-electron chi connectivity index (χ2n) is 6.18. The first kappa shape index (κ1) is 16.4. The Hall–Kier alpha value is -0.940. The Labute approximate surface area is 133 Å². The molecule has 21 heavy (non-hydrogen) atoms. The molecule has 2 atom stereocenters. The maximum atomic E-state index is 14.0. The topological polar surface area (TPSA) is 40.5 Å². The van der Waals surface area contributed by atoms with Gasteiger partial charge in [-0.1, -0.05) is 29.8 Å². The summed E-state index contributed by atoms with van der Waals surface area (Å²) in [6.45, 7) is 6.97. The third-order valence-electron chi connectivity index (χ3n) is 4.82. The Bertz CT molecular complexity index is 549. The molecule has 2 unspecified atom stereocenters. The van der Waals surface area contributed by atoms with Crippen molar-refractivity contribution in [3.05, 3.63) is 34.1 Å². The number of carboxylic acid groups (broad SMARTS) is 1. The summed E-state index contributed by atoms with van der Waals surface area (Å²) >= 11 is 3.36. The number of likely N-dealkylation sites (tertiary alicyclic amines) is 1. The van der Waals surface area contributed by atoms with Crippen LogP contribution in [0.1, 0.15) is 38.8 Å². The van der Waals surface area contributed by atoms with Crippen LogP contribution >= 0.6 is 15.9 Å². The smallest absolute Gasteiger partial charge is 0.311 e. The van der Waals surface area contributed by atoms with E-state index < -0.39 is 11.4 Å². The summed E-state index contributed by atoms with van der Waals surface area (Å²) in [7, 11) is 0. The first-order valence-electron chi connectivity index (χ1n) is 7.20. The van der Waals surface area contributed by atoms with E-state index in [1.165, 1.54) is 6.07 Å². The van der Waals surface area contributed by atoms with Gasteiger partial charge >= 0.3 is 5.97 Å². The van der Waals surface area contributed by atoms with Crippen LogP contribution in [0.3, 0.4) is 0 Å². The number of hydrogen-bond donors (Lipinski definition) is 1. The quantitative estimate of drug-likeness (QED) is 0.882. The minimum atomic E-state index is -0.748. The van der Waals surface area contributed by atoms with E-state index in [1.54, 1.807) is 12.1 Å². The molecule has 0 bridgehead atoms. The monoisotopic (exact) mass is 357 g/mol. The summed E-state index contributed by atoms with van der Waals surface area (Å²) in [5.41, 5.74) is -0.120. The van der Waals surface area contributed by atoms with Gasteiger partial charge < -0.3 is 5.11 Å².